The molecular weight excluding hydrogens is 412 g/mol. The minimum Gasteiger partial charge on any atom is -0.506 e. The molecule has 0 spiro atoms. The Labute approximate surface area is 145 Å². The number of benzene rings is 1. The van der Waals surface area contributed by atoms with Crippen LogP contribution in [-0.4, -0.2) is 20.7 Å². The third-order valence-electron chi connectivity index (χ3n) is 4.02. The third kappa shape index (κ3) is 2.63. The number of nitrogens with zero attached hydrogens (tertiary/aromatic N) is 2. The van der Waals surface area contributed by atoms with Crippen LogP contribution in [0.3, 0.4) is 0 Å². The van der Waals surface area contributed by atoms with E-state index in [0.717, 1.165) is 36.9 Å². The van der Waals surface area contributed by atoms with Gasteiger partial charge in [-0.1, -0.05) is 0 Å². The second-order valence-corrected chi connectivity index (χ2v) is 7.12. The number of aromatic nitrogens is 2. The summed E-state index contributed by atoms with van der Waals surface area (Å²) < 4.78 is 2.82. The molecule has 22 heavy (non-hydrogen) atoms. The maximum atomic E-state index is 13.0. The van der Waals surface area contributed by atoms with Gasteiger partial charge in [0, 0.05) is 17.7 Å². The molecule has 1 aliphatic carbocycles. The van der Waals surface area contributed by atoms with Crippen LogP contribution in [-0.2, 0) is 19.4 Å². The number of fused-ring (bicyclic) bond motifs is 1. The molecule has 116 valence electrons. The first-order valence-electron chi connectivity index (χ1n) is 7.34. The van der Waals surface area contributed by atoms with Gasteiger partial charge in [0.25, 0.3) is 0 Å². The Kier molecular flexibility index (Phi) is 4.41. The third-order valence-corrected chi connectivity index (χ3v) is 5.23. The van der Waals surface area contributed by atoms with Crippen LogP contribution >= 0.6 is 31.9 Å². The fourth-order valence-corrected chi connectivity index (χ4v) is 4.11. The Morgan fingerprint density at radius 3 is 2.55 bits per heavy atom. The van der Waals surface area contributed by atoms with Crippen LogP contribution in [0.4, 0.5) is 0 Å². The molecule has 3 rings (SSSR count). The summed E-state index contributed by atoms with van der Waals surface area (Å²) in [5.74, 6) is 0.0569. The van der Waals surface area contributed by atoms with Crippen molar-refractivity contribution in [2.75, 3.05) is 0 Å². The highest BCUT2D eigenvalue weighted by molar-refractivity contribution is 9.11. The average Bonchev–Trinajstić information content (AvgIpc) is 2.89. The van der Waals surface area contributed by atoms with Gasteiger partial charge in [-0.25, -0.2) is 0 Å². The zero-order valence-electron chi connectivity index (χ0n) is 12.2. The van der Waals surface area contributed by atoms with Crippen LogP contribution in [0.15, 0.2) is 21.1 Å². The summed E-state index contributed by atoms with van der Waals surface area (Å²) in [6, 6.07) is 3.31. The maximum absolute atomic E-state index is 13.0. The molecule has 0 atom stereocenters. The molecule has 0 unspecified atom stereocenters. The van der Waals surface area contributed by atoms with E-state index in [9.17, 15) is 9.90 Å². The lowest BCUT2D eigenvalue weighted by molar-refractivity contribution is 0.102. The topological polar surface area (TPSA) is 55.1 Å². The van der Waals surface area contributed by atoms with Crippen molar-refractivity contribution < 1.29 is 9.90 Å². The minimum atomic E-state index is -0.0427. The van der Waals surface area contributed by atoms with Crippen molar-refractivity contribution in [2.24, 2.45) is 0 Å². The highest BCUT2D eigenvalue weighted by atomic mass is 79.9. The summed E-state index contributed by atoms with van der Waals surface area (Å²) in [6.07, 6.45) is 4.10. The highest BCUT2D eigenvalue weighted by Gasteiger charge is 2.26. The Morgan fingerprint density at radius 1 is 1.27 bits per heavy atom. The summed E-state index contributed by atoms with van der Waals surface area (Å²) in [7, 11) is 0. The minimum absolute atomic E-state index is 0.0427. The molecule has 0 aliphatic heterocycles. The van der Waals surface area contributed by atoms with Crippen LogP contribution in [0.5, 0.6) is 5.75 Å². The molecule has 1 aromatic heterocycles. The molecule has 0 saturated heterocycles. The second kappa shape index (κ2) is 6.16. The number of phenolic OH excluding ortho intramolecular Hbond substituents is 1. The Hall–Kier alpha value is -1.14. The van der Waals surface area contributed by atoms with Gasteiger partial charge in [-0.3, -0.25) is 9.48 Å². The number of hydrogen-bond acceptors (Lipinski definition) is 3. The standard InChI is InChI=1S/C16H16Br2N2O2/c1-2-20-14(10-5-3-4-6-13(10)19-20)15(21)9-7-11(17)16(22)12(18)8-9/h7-8,22H,2-6H2,1H3. The molecule has 0 fully saturated rings. The van der Waals surface area contributed by atoms with Crippen molar-refractivity contribution >= 4 is 37.6 Å². The molecule has 1 N–H and O–H groups in total. The molecule has 1 heterocycles. The Bertz CT molecular complexity index is 730. The lowest BCUT2D eigenvalue weighted by Gasteiger charge is -2.12. The van der Waals surface area contributed by atoms with Gasteiger partial charge in [-0.05, 0) is 76.6 Å². The SMILES string of the molecule is CCn1nc2c(c1C(=O)c1cc(Br)c(O)c(Br)c1)CCCC2. The lowest BCUT2D eigenvalue weighted by atomic mass is 9.93. The van der Waals surface area contributed by atoms with Gasteiger partial charge < -0.3 is 5.11 Å². The molecular formula is C16H16Br2N2O2. The second-order valence-electron chi connectivity index (χ2n) is 5.41. The van der Waals surface area contributed by atoms with E-state index in [1.807, 2.05) is 11.6 Å². The van der Waals surface area contributed by atoms with Gasteiger partial charge in [0.15, 0.2) is 0 Å². The van der Waals surface area contributed by atoms with Crippen LogP contribution in [0.2, 0.25) is 0 Å². The van der Waals surface area contributed by atoms with Crippen molar-refractivity contribution in [2.45, 2.75) is 39.2 Å². The number of phenols is 1. The number of aryl methyl sites for hydroxylation is 2. The number of rotatable bonds is 3. The molecule has 0 amide bonds. The molecule has 1 aromatic carbocycles. The predicted octanol–water partition coefficient (Wildman–Crippen LogP) is 4.24. The summed E-state index contributed by atoms with van der Waals surface area (Å²) >= 11 is 6.57. The van der Waals surface area contributed by atoms with Gasteiger partial charge in [0.05, 0.1) is 14.6 Å². The van der Waals surface area contributed by atoms with E-state index < -0.39 is 0 Å². The molecule has 2 aromatic rings. The van der Waals surface area contributed by atoms with Gasteiger partial charge in [0.2, 0.25) is 5.78 Å². The van der Waals surface area contributed by atoms with Crippen molar-refractivity contribution in [1.29, 1.82) is 0 Å². The fraction of sp³-hybridized carbons (Fsp3) is 0.375. The number of ketones is 1. The van der Waals surface area contributed by atoms with Crippen molar-refractivity contribution in [3.8, 4) is 5.75 Å². The van der Waals surface area contributed by atoms with Crippen LogP contribution < -0.4 is 0 Å². The maximum Gasteiger partial charge on any atom is 0.211 e. The molecule has 0 bridgehead atoms. The Balaban J connectivity index is 2.11. The van der Waals surface area contributed by atoms with E-state index >= 15 is 0 Å². The summed E-state index contributed by atoms with van der Waals surface area (Å²) in [5.41, 5.74) is 3.40. The van der Waals surface area contributed by atoms with E-state index in [-0.39, 0.29) is 11.5 Å². The van der Waals surface area contributed by atoms with E-state index in [2.05, 4.69) is 37.0 Å². The Morgan fingerprint density at radius 2 is 1.91 bits per heavy atom. The van der Waals surface area contributed by atoms with Gasteiger partial charge in [0.1, 0.15) is 11.4 Å². The summed E-state index contributed by atoms with van der Waals surface area (Å²) in [6.45, 7) is 2.67. The highest BCUT2D eigenvalue weighted by Crippen LogP contribution is 2.35. The van der Waals surface area contributed by atoms with E-state index in [0.29, 0.717) is 26.7 Å². The largest absolute Gasteiger partial charge is 0.506 e. The van der Waals surface area contributed by atoms with Crippen LogP contribution in [0, 0.1) is 0 Å². The number of carbonyl (C=O) groups is 1. The van der Waals surface area contributed by atoms with Crippen LogP contribution in [0.1, 0.15) is 47.1 Å². The van der Waals surface area contributed by atoms with Gasteiger partial charge >= 0.3 is 0 Å². The monoisotopic (exact) mass is 426 g/mol. The molecule has 0 radical (unpaired) electrons. The molecule has 1 aliphatic rings. The van der Waals surface area contributed by atoms with Gasteiger partial charge in [-0.15, -0.1) is 0 Å². The quantitative estimate of drug-likeness (QED) is 0.745. The first-order valence-corrected chi connectivity index (χ1v) is 8.92. The van der Waals surface area contributed by atoms with E-state index in [1.54, 1.807) is 12.1 Å². The van der Waals surface area contributed by atoms with E-state index in [1.165, 1.54) is 0 Å². The number of hydrogen-bond donors (Lipinski definition) is 1. The zero-order chi connectivity index (χ0) is 15.9. The molecule has 6 heteroatoms. The first kappa shape index (κ1) is 15.7. The number of aromatic hydroxyl groups is 1. The number of halogens is 2. The molecule has 4 nitrogen and oxygen atoms in total. The lowest BCUT2D eigenvalue weighted by Crippen LogP contribution is -2.13. The van der Waals surface area contributed by atoms with Gasteiger partial charge in [-0.2, -0.15) is 5.10 Å². The first-order chi connectivity index (χ1) is 10.5. The van der Waals surface area contributed by atoms with E-state index in [4.69, 9.17) is 0 Å². The average molecular weight is 428 g/mol. The van der Waals surface area contributed by atoms with Crippen molar-refractivity contribution in [3.63, 3.8) is 0 Å². The normalized spacial score (nSPS) is 14.0. The van der Waals surface area contributed by atoms with Crippen LogP contribution in [0.25, 0.3) is 0 Å². The summed E-state index contributed by atoms with van der Waals surface area (Å²) in [5, 5.41) is 14.4. The zero-order valence-corrected chi connectivity index (χ0v) is 15.4. The fourth-order valence-electron chi connectivity index (χ4n) is 2.92. The smallest absolute Gasteiger partial charge is 0.211 e. The predicted molar refractivity (Wildman–Crippen MR) is 91.5 cm³/mol. The van der Waals surface area contributed by atoms with Crippen molar-refractivity contribution in [3.05, 3.63) is 43.6 Å². The summed E-state index contributed by atoms with van der Waals surface area (Å²) in [4.78, 5) is 13.0. The molecule has 0 saturated carbocycles. The van der Waals surface area contributed by atoms with Crippen molar-refractivity contribution in [1.82, 2.24) is 9.78 Å². The number of carbonyl (C=O) groups excluding carboxylic acids is 1.